The molecule has 5 heteroatoms. The van der Waals surface area contributed by atoms with Crippen LogP contribution in [0.25, 0.3) is 0 Å². The van der Waals surface area contributed by atoms with Gasteiger partial charge in [-0.2, -0.15) is 16.9 Å². The lowest BCUT2D eigenvalue weighted by molar-refractivity contribution is 1.19. The maximum absolute atomic E-state index is 5.02. The Balaban J connectivity index is 3.29. The van der Waals surface area contributed by atoms with Gasteiger partial charge in [-0.3, -0.25) is 0 Å². The highest BCUT2D eigenvalue weighted by molar-refractivity contribution is 7.98. The van der Waals surface area contributed by atoms with Crippen LogP contribution in [0.5, 0.6) is 0 Å². The molecule has 0 unspecified atom stereocenters. The number of hydrogen-bond donors (Lipinski definition) is 2. The summed E-state index contributed by atoms with van der Waals surface area (Å²) in [5.41, 5.74) is 10.0. The summed E-state index contributed by atoms with van der Waals surface area (Å²) in [5.74, 6) is 1.05. The van der Waals surface area contributed by atoms with E-state index in [1.165, 1.54) is 0 Å². The molecule has 0 saturated carbocycles. The highest BCUT2D eigenvalue weighted by Crippen LogP contribution is 1.91. The van der Waals surface area contributed by atoms with Crippen LogP contribution in [0.3, 0.4) is 0 Å². The van der Waals surface area contributed by atoms with Crippen molar-refractivity contribution in [1.82, 2.24) is 0 Å². The summed E-state index contributed by atoms with van der Waals surface area (Å²) in [6.07, 6.45) is 4.63. The second-order valence-electron chi connectivity index (χ2n) is 1.60. The van der Waals surface area contributed by atoms with Crippen LogP contribution in [0.4, 0.5) is 0 Å². The molecule has 0 atom stereocenters. The Morgan fingerprint density at radius 1 is 1.60 bits per heavy atom. The van der Waals surface area contributed by atoms with Gasteiger partial charge < -0.3 is 11.5 Å². The number of guanidine groups is 1. The lowest BCUT2D eigenvalue weighted by Crippen LogP contribution is -2.21. The number of rotatable bonds is 4. The Hall–Kier alpha value is -0.710. The molecular formula is C5H12N4S. The van der Waals surface area contributed by atoms with Crippen LogP contribution in [-0.4, -0.2) is 24.2 Å². The van der Waals surface area contributed by atoms with E-state index in [9.17, 15) is 0 Å². The molecule has 0 radical (unpaired) electrons. The minimum absolute atomic E-state index is 0.000372. The third kappa shape index (κ3) is 7.29. The number of hydrogen-bond acceptors (Lipinski definition) is 3. The molecule has 0 fully saturated rings. The summed E-state index contributed by atoms with van der Waals surface area (Å²) in [5, 5.41) is 7.04. The van der Waals surface area contributed by atoms with E-state index in [0.717, 1.165) is 12.2 Å². The molecule has 58 valence electrons. The van der Waals surface area contributed by atoms with Crippen molar-refractivity contribution in [3.8, 4) is 0 Å². The minimum Gasteiger partial charge on any atom is -0.369 e. The molecule has 0 bridgehead atoms. The van der Waals surface area contributed by atoms with Gasteiger partial charge in [-0.05, 0) is 18.4 Å². The lowest BCUT2D eigenvalue weighted by Gasteiger charge is -1.85. The van der Waals surface area contributed by atoms with E-state index < -0.39 is 0 Å². The SMILES string of the molecule is CSCCC=NN=C(N)N. The fourth-order valence-corrected chi connectivity index (χ4v) is 0.677. The van der Waals surface area contributed by atoms with Gasteiger partial charge in [0.2, 0.25) is 5.96 Å². The highest BCUT2D eigenvalue weighted by atomic mass is 32.2. The quantitative estimate of drug-likeness (QED) is 0.263. The standard InChI is InChI=1S/C5H12N4S/c1-10-4-2-3-8-9-5(6)7/h3H,2,4H2,1H3,(H4,6,7,9). The van der Waals surface area contributed by atoms with E-state index in [1.54, 1.807) is 18.0 Å². The van der Waals surface area contributed by atoms with Crippen LogP contribution in [0.1, 0.15) is 6.42 Å². The largest absolute Gasteiger partial charge is 0.369 e. The third-order valence-electron chi connectivity index (χ3n) is 0.706. The molecular weight excluding hydrogens is 148 g/mol. The maximum Gasteiger partial charge on any atom is 0.211 e. The predicted molar refractivity (Wildman–Crippen MR) is 47.3 cm³/mol. The lowest BCUT2D eigenvalue weighted by atomic mass is 10.5. The van der Waals surface area contributed by atoms with Crippen molar-refractivity contribution in [2.24, 2.45) is 21.7 Å². The molecule has 0 aliphatic carbocycles. The smallest absolute Gasteiger partial charge is 0.211 e. The number of thioether (sulfide) groups is 1. The molecule has 0 aliphatic heterocycles. The third-order valence-corrected chi connectivity index (χ3v) is 1.35. The molecule has 10 heavy (non-hydrogen) atoms. The van der Waals surface area contributed by atoms with Gasteiger partial charge in [0.25, 0.3) is 0 Å². The van der Waals surface area contributed by atoms with Gasteiger partial charge in [0, 0.05) is 6.21 Å². The first-order valence-electron chi connectivity index (χ1n) is 2.86. The van der Waals surface area contributed by atoms with Crippen molar-refractivity contribution in [2.45, 2.75) is 6.42 Å². The van der Waals surface area contributed by atoms with Gasteiger partial charge in [0.15, 0.2) is 0 Å². The molecule has 0 amide bonds. The van der Waals surface area contributed by atoms with Crippen LogP contribution < -0.4 is 11.5 Å². The topological polar surface area (TPSA) is 76.8 Å². The van der Waals surface area contributed by atoms with Crippen LogP contribution in [-0.2, 0) is 0 Å². The zero-order valence-electron chi connectivity index (χ0n) is 5.95. The number of nitrogens with zero attached hydrogens (tertiary/aromatic N) is 2. The van der Waals surface area contributed by atoms with Gasteiger partial charge >= 0.3 is 0 Å². The monoisotopic (exact) mass is 160 g/mol. The molecule has 0 aromatic rings. The second-order valence-corrected chi connectivity index (χ2v) is 2.59. The molecule has 0 aliphatic rings. The van der Waals surface area contributed by atoms with Crippen molar-refractivity contribution >= 4 is 23.9 Å². The zero-order chi connectivity index (χ0) is 7.82. The minimum atomic E-state index is 0.000372. The van der Waals surface area contributed by atoms with Crippen molar-refractivity contribution in [3.63, 3.8) is 0 Å². The van der Waals surface area contributed by atoms with Gasteiger partial charge in [-0.15, -0.1) is 5.10 Å². The average molecular weight is 160 g/mol. The van der Waals surface area contributed by atoms with E-state index in [2.05, 4.69) is 10.2 Å². The molecule has 0 rings (SSSR count). The Morgan fingerprint density at radius 2 is 2.30 bits per heavy atom. The molecule has 0 aromatic carbocycles. The maximum atomic E-state index is 5.02. The van der Waals surface area contributed by atoms with E-state index in [-0.39, 0.29) is 5.96 Å². The van der Waals surface area contributed by atoms with Crippen LogP contribution in [0, 0.1) is 0 Å². The van der Waals surface area contributed by atoms with Crippen LogP contribution >= 0.6 is 11.8 Å². The summed E-state index contributed by atoms with van der Waals surface area (Å²) >= 11 is 1.76. The van der Waals surface area contributed by atoms with Crippen molar-refractivity contribution in [3.05, 3.63) is 0 Å². The van der Waals surface area contributed by atoms with Crippen molar-refractivity contribution in [1.29, 1.82) is 0 Å². The molecule has 4 nitrogen and oxygen atoms in total. The van der Waals surface area contributed by atoms with Gasteiger partial charge in [-0.1, -0.05) is 0 Å². The van der Waals surface area contributed by atoms with Crippen LogP contribution in [0.15, 0.2) is 10.2 Å². The first-order valence-corrected chi connectivity index (χ1v) is 4.26. The van der Waals surface area contributed by atoms with E-state index in [1.807, 2.05) is 6.26 Å². The molecule has 0 spiro atoms. The Morgan fingerprint density at radius 3 is 2.80 bits per heavy atom. The van der Waals surface area contributed by atoms with E-state index in [0.29, 0.717) is 0 Å². The summed E-state index contributed by atoms with van der Waals surface area (Å²) in [7, 11) is 0. The van der Waals surface area contributed by atoms with Crippen molar-refractivity contribution < 1.29 is 0 Å². The first-order chi connectivity index (χ1) is 4.77. The summed E-state index contributed by atoms with van der Waals surface area (Å²) in [6, 6.07) is 0. The highest BCUT2D eigenvalue weighted by Gasteiger charge is 1.77. The van der Waals surface area contributed by atoms with E-state index >= 15 is 0 Å². The fourth-order valence-electron chi connectivity index (χ4n) is 0.336. The summed E-state index contributed by atoms with van der Waals surface area (Å²) < 4.78 is 0. The molecule has 0 heterocycles. The average Bonchev–Trinajstić information content (AvgIpc) is 1.87. The first kappa shape index (κ1) is 9.29. The Kier molecular flexibility index (Phi) is 5.96. The zero-order valence-corrected chi connectivity index (χ0v) is 6.77. The number of nitrogens with two attached hydrogens (primary N) is 2. The molecule has 4 N–H and O–H groups in total. The summed E-state index contributed by atoms with van der Waals surface area (Å²) in [4.78, 5) is 0. The fraction of sp³-hybridized carbons (Fsp3) is 0.600. The van der Waals surface area contributed by atoms with Gasteiger partial charge in [-0.25, -0.2) is 0 Å². The Labute approximate surface area is 64.8 Å². The molecule has 0 saturated heterocycles. The van der Waals surface area contributed by atoms with Gasteiger partial charge in [0.1, 0.15) is 0 Å². The normalized spacial score (nSPS) is 10.1. The molecule has 0 aromatic heterocycles. The second kappa shape index (κ2) is 6.41. The Bertz CT molecular complexity index is 128. The summed E-state index contributed by atoms with van der Waals surface area (Å²) in [6.45, 7) is 0. The van der Waals surface area contributed by atoms with E-state index in [4.69, 9.17) is 11.5 Å². The predicted octanol–water partition coefficient (Wildman–Crippen LogP) is -0.00130. The van der Waals surface area contributed by atoms with Gasteiger partial charge in [0.05, 0.1) is 0 Å². The van der Waals surface area contributed by atoms with Crippen molar-refractivity contribution in [2.75, 3.05) is 12.0 Å². The van der Waals surface area contributed by atoms with Crippen LogP contribution in [0.2, 0.25) is 0 Å².